The number of benzene rings is 2. The van der Waals surface area contributed by atoms with Gasteiger partial charge >= 0.3 is 0 Å². The number of nitrogens with two attached hydrogens (primary N) is 2. The van der Waals surface area contributed by atoms with Crippen LogP contribution in [-0.2, 0) is 19.4 Å². The van der Waals surface area contributed by atoms with Crippen molar-refractivity contribution >= 4 is 17.3 Å². The maximum absolute atomic E-state index is 5.76. The molecule has 2 aromatic carbocycles. The predicted molar refractivity (Wildman–Crippen MR) is 105 cm³/mol. The first kappa shape index (κ1) is 16.8. The number of nitrogens with one attached hydrogen (secondary N) is 1. The molecule has 1 aromatic heterocycles. The maximum atomic E-state index is 5.76. The Hall–Kier alpha value is -3.01. The second kappa shape index (κ2) is 8.20. The molecule has 4 nitrogen and oxygen atoms in total. The molecule has 0 saturated heterocycles. The Kier molecular flexibility index (Phi) is 5.52. The Morgan fingerprint density at radius 1 is 0.760 bits per heavy atom. The van der Waals surface area contributed by atoms with Crippen molar-refractivity contribution in [1.29, 1.82) is 0 Å². The third kappa shape index (κ3) is 4.98. The SMILES string of the molecule is Nc1cc(CCCc2ccccc2NCc2ccccc2)cc(N)n1. The number of hydrogen-bond acceptors (Lipinski definition) is 4. The zero-order valence-electron chi connectivity index (χ0n) is 14.3. The molecule has 0 radical (unpaired) electrons. The molecule has 0 saturated carbocycles. The summed E-state index contributed by atoms with van der Waals surface area (Å²) in [6.45, 7) is 0.829. The topological polar surface area (TPSA) is 77.0 Å². The van der Waals surface area contributed by atoms with Crippen LogP contribution in [0.5, 0.6) is 0 Å². The van der Waals surface area contributed by atoms with Gasteiger partial charge in [-0.3, -0.25) is 0 Å². The second-order valence-corrected chi connectivity index (χ2v) is 6.17. The highest BCUT2D eigenvalue weighted by atomic mass is 14.9. The van der Waals surface area contributed by atoms with Crippen LogP contribution in [0.25, 0.3) is 0 Å². The highest BCUT2D eigenvalue weighted by molar-refractivity contribution is 5.51. The summed E-state index contributed by atoms with van der Waals surface area (Å²) in [4.78, 5) is 4.01. The fourth-order valence-electron chi connectivity index (χ4n) is 2.97. The molecule has 0 amide bonds. The Bertz CT molecular complexity index is 795. The van der Waals surface area contributed by atoms with E-state index in [0.717, 1.165) is 31.4 Å². The minimum Gasteiger partial charge on any atom is -0.384 e. The van der Waals surface area contributed by atoms with Crippen LogP contribution in [-0.4, -0.2) is 4.98 Å². The number of nitrogens with zero attached hydrogens (tertiary/aromatic N) is 1. The first-order valence-electron chi connectivity index (χ1n) is 8.58. The fraction of sp³-hybridized carbons (Fsp3) is 0.190. The van der Waals surface area contributed by atoms with Crippen LogP contribution in [0, 0.1) is 0 Å². The van der Waals surface area contributed by atoms with Gasteiger partial charge in [0.2, 0.25) is 0 Å². The van der Waals surface area contributed by atoms with Crippen molar-refractivity contribution in [3.63, 3.8) is 0 Å². The third-order valence-electron chi connectivity index (χ3n) is 4.18. The van der Waals surface area contributed by atoms with Crippen LogP contribution < -0.4 is 16.8 Å². The van der Waals surface area contributed by atoms with Gasteiger partial charge in [-0.2, -0.15) is 0 Å². The Morgan fingerprint density at radius 3 is 2.20 bits per heavy atom. The molecular formula is C21H24N4. The van der Waals surface area contributed by atoms with Gasteiger partial charge in [-0.05, 0) is 54.2 Å². The van der Waals surface area contributed by atoms with Crippen LogP contribution in [0.2, 0.25) is 0 Å². The van der Waals surface area contributed by atoms with Crippen molar-refractivity contribution in [3.05, 3.63) is 83.4 Å². The van der Waals surface area contributed by atoms with Gasteiger partial charge in [0.05, 0.1) is 0 Å². The average molecular weight is 332 g/mol. The minimum absolute atomic E-state index is 0.486. The molecule has 0 unspecified atom stereocenters. The van der Waals surface area contributed by atoms with Gasteiger partial charge in [0.25, 0.3) is 0 Å². The van der Waals surface area contributed by atoms with E-state index in [1.807, 2.05) is 18.2 Å². The lowest BCUT2D eigenvalue weighted by Crippen LogP contribution is -2.03. The lowest BCUT2D eigenvalue weighted by atomic mass is 10.0. The highest BCUT2D eigenvalue weighted by Crippen LogP contribution is 2.19. The molecule has 3 rings (SSSR count). The van der Waals surface area contributed by atoms with Gasteiger partial charge in [0.15, 0.2) is 0 Å². The molecule has 4 heteroatoms. The summed E-state index contributed by atoms with van der Waals surface area (Å²) in [5, 5.41) is 3.55. The minimum atomic E-state index is 0.486. The molecule has 5 N–H and O–H groups in total. The van der Waals surface area contributed by atoms with Crippen molar-refractivity contribution in [1.82, 2.24) is 4.98 Å². The first-order valence-corrected chi connectivity index (χ1v) is 8.58. The monoisotopic (exact) mass is 332 g/mol. The molecular weight excluding hydrogens is 308 g/mol. The quantitative estimate of drug-likeness (QED) is 0.610. The number of aromatic nitrogens is 1. The van der Waals surface area contributed by atoms with Crippen LogP contribution in [0.4, 0.5) is 17.3 Å². The van der Waals surface area contributed by atoms with E-state index >= 15 is 0 Å². The molecule has 128 valence electrons. The molecule has 0 aliphatic carbocycles. The molecule has 0 fully saturated rings. The largest absolute Gasteiger partial charge is 0.384 e. The van der Waals surface area contributed by atoms with Gasteiger partial charge in [-0.15, -0.1) is 0 Å². The summed E-state index contributed by atoms with van der Waals surface area (Å²) in [7, 11) is 0. The molecule has 25 heavy (non-hydrogen) atoms. The van der Waals surface area contributed by atoms with Crippen molar-refractivity contribution in [2.45, 2.75) is 25.8 Å². The van der Waals surface area contributed by atoms with E-state index in [4.69, 9.17) is 11.5 Å². The van der Waals surface area contributed by atoms with Gasteiger partial charge in [0, 0.05) is 12.2 Å². The third-order valence-corrected chi connectivity index (χ3v) is 4.18. The van der Waals surface area contributed by atoms with Crippen molar-refractivity contribution < 1.29 is 0 Å². The van der Waals surface area contributed by atoms with Crippen molar-refractivity contribution in [3.8, 4) is 0 Å². The van der Waals surface area contributed by atoms with Crippen molar-refractivity contribution in [2.75, 3.05) is 16.8 Å². The smallest absolute Gasteiger partial charge is 0.126 e. The molecule has 0 aliphatic heterocycles. The summed E-state index contributed by atoms with van der Waals surface area (Å²) in [6.07, 6.45) is 2.97. The lowest BCUT2D eigenvalue weighted by Gasteiger charge is -2.12. The van der Waals surface area contributed by atoms with Crippen molar-refractivity contribution in [2.24, 2.45) is 0 Å². The van der Waals surface area contributed by atoms with E-state index in [1.165, 1.54) is 16.8 Å². The van der Waals surface area contributed by atoms with Crippen LogP contribution in [0.1, 0.15) is 23.1 Å². The molecule has 0 spiro atoms. The van der Waals surface area contributed by atoms with E-state index in [1.54, 1.807) is 0 Å². The maximum Gasteiger partial charge on any atom is 0.126 e. The summed E-state index contributed by atoms with van der Waals surface area (Å²) >= 11 is 0. The van der Waals surface area contributed by atoms with E-state index in [-0.39, 0.29) is 0 Å². The summed E-state index contributed by atoms with van der Waals surface area (Å²) in [5.41, 5.74) is 16.5. The number of hydrogen-bond donors (Lipinski definition) is 3. The Balaban J connectivity index is 1.59. The van der Waals surface area contributed by atoms with Gasteiger partial charge in [-0.1, -0.05) is 48.5 Å². The lowest BCUT2D eigenvalue weighted by molar-refractivity contribution is 0.820. The van der Waals surface area contributed by atoms with Crippen LogP contribution >= 0.6 is 0 Å². The first-order chi connectivity index (χ1) is 12.2. The van der Waals surface area contributed by atoms with E-state index < -0.39 is 0 Å². The van der Waals surface area contributed by atoms with Crippen LogP contribution in [0.15, 0.2) is 66.7 Å². The van der Waals surface area contributed by atoms with E-state index in [9.17, 15) is 0 Å². The standard InChI is InChI=1S/C21H24N4/c22-20-13-17(14-21(23)25-20)9-6-11-18-10-4-5-12-19(18)24-15-16-7-2-1-3-8-16/h1-5,7-8,10,12-14,24H,6,9,11,15H2,(H4,22,23,25). The summed E-state index contributed by atoms with van der Waals surface area (Å²) < 4.78 is 0. The molecule has 0 aliphatic rings. The molecule has 3 aromatic rings. The summed E-state index contributed by atoms with van der Waals surface area (Å²) in [5.74, 6) is 0.972. The highest BCUT2D eigenvalue weighted by Gasteiger charge is 2.03. The molecule has 0 bridgehead atoms. The Morgan fingerprint density at radius 2 is 1.44 bits per heavy atom. The van der Waals surface area contributed by atoms with E-state index in [0.29, 0.717) is 11.6 Å². The van der Waals surface area contributed by atoms with Crippen LogP contribution in [0.3, 0.4) is 0 Å². The normalized spacial score (nSPS) is 10.6. The van der Waals surface area contributed by atoms with Gasteiger partial charge in [0.1, 0.15) is 11.6 Å². The zero-order valence-corrected chi connectivity index (χ0v) is 14.3. The molecule has 0 atom stereocenters. The average Bonchev–Trinajstić information content (AvgIpc) is 2.61. The number of nitrogen functional groups attached to an aromatic ring is 2. The zero-order chi connectivity index (χ0) is 17.5. The fourth-order valence-corrected chi connectivity index (χ4v) is 2.97. The predicted octanol–water partition coefficient (Wildman–Crippen LogP) is 4.03. The van der Waals surface area contributed by atoms with Gasteiger partial charge < -0.3 is 16.8 Å². The number of para-hydroxylation sites is 1. The number of rotatable bonds is 7. The number of pyridine rings is 1. The summed E-state index contributed by atoms with van der Waals surface area (Å²) in [6, 6.07) is 22.7. The van der Waals surface area contributed by atoms with Gasteiger partial charge in [-0.25, -0.2) is 4.98 Å². The number of anilines is 3. The molecule has 1 heterocycles. The number of aryl methyl sites for hydroxylation is 2. The Labute approximate surface area is 148 Å². The van der Waals surface area contributed by atoms with E-state index in [2.05, 4.69) is 58.8 Å². The second-order valence-electron chi connectivity index (χ2n) is 6.17.